The van der Waals surface area contributed by atoms with Crippen LogP contribution in [0.1, 0.15) is 22.7 Å². The Kier molecular flexibility index (Phi) is 5.87. The molecule has 28 heavy (non-hydrogen) atoms. The van der Waals surface area contributed by atoms with Crippen molar-refractivity contribution in [1.29, 1.82) is 0 Å². The number of rotatable bonds is 5. The smallest absolute Gasteiger partial charge is 0.295 e. The van der Waals surface area contributed by atoms with Crippen LogP contribution in [0.3, 0.4) is 0 Å². The molecule has 0 bridgehead atoms. The van der Waals surface area contributed by atoms with Crippen LogP contribution in [0.25, 0.3) is 5.76 Å². The van der Waals surface area contributed by atoms with Gasteiger partial charge in [0.2, 0.25) is 0 Å². The van der Waals surface area contributed by atoms with Crippen molar-refractivity contribution in [2.75, 3.05) is 27.2 Å². The third-order valence-corrected chi connectivity index (χ3v) is 5.16. The van der Waals surface area contributed by atoms with E-state index >= 15 is 0 Å². The number of aryl methyl sites for hydroxylation is 1. The van der Waals surface area contributed by atoms with Gasteiger partial charge >= 0.3 is 0 Å². The van der Waals surface area contributed by atoms with Crippen LogP contribution in [0, 0.1) is 6.92 Å². The van der Waals surface area contributed by atoms with E-state index in [0.717, 1.165) is 16.0 Å². The van der Waals surface area contributed by atoms with Gasteiger partial charge in [-0.25, -0.2) is 0 Å². The third kappa shape index (κ3) is 3.96. The summed E-state index contributed by atoms with van der Waals surface area (Å²) in [5, 5.41) is 11.5. The van der Waals surface area contributed by atoms with Gasteiger partial charge in [0.1, 0.15) is 5.76 Å². The van der Waals surface area contributed by atoms with Crippen LogP contribution < -0.4 is 4.90 Å². The Morgan fingerprint density at radius 2 is 1.68 bits per heavy atom. The van der Waals surface area contributed by atoms with E-state index in [1.165, 1.54) is 4.90 Å². The molecular formula is C22H24ClN2O3+. The zero-order valence-electron chi connectivity index (χ0n) is 16.2. The minimum atomic E-state index is -0.660. The van der Waals surface area contributed by atoms with Crippen LogP contribution in [0.2, 0.25) is 5.02 Å². The Balaban J connectivity index is 2.13. The standard InChI is InChI=1S/C22H23ClN2O3/c1-14-4-6-16(7-5-14)20(26)18-19(15-8-10-17(23)11-9-15)25(13-12-24(2)3)22(28)21(18)27/h4-11,19,26H,12-13H2,1-3H3/p+1/b20-18+/t19-/m1/s1. The van der Waals surface area contributed by atoms with Gasteiger partial charge < -0.3 is 14.9 Å². The number of likely N-dealkylation sites (N-methyl/N-ethyl adjacent to an activating group) is 1. The van der Waals surface area contributed by atoms with Crippen LogP contribution in [0.15, 0.2) is 54.1 Å². The van der Waals surface area contributed by atoms with Crippen molar-refractivity contribution in [3.63, 3.8) is 0 Å². The fourth-order valence-electron chi connectivity index (χ4n) is 3.31. The predicted molar refractivity (Wildman–Crippen MR) is 109 cm³/mol. The molecule has 5 nitrogen and oxygen atoms in total. The largest absolute Gasteiger partial charge is 0.507 e. The average Bonchev–Trinajstić information content (AvgIpc) is 2.91. The minimum Gasteiger partial charge on any atom is -0.507 e. The topological polar surface area (TPSA) is 62.0 Å². The van der Waals surface area contributed by atoms with Gasteiger partial charge in [-0.05, 0) is 24.6 Å². The van der Waals surface area contributed by atoms with E-state index in [4.69, 9.17) is 11.6 Å². The third-order valence-electron chi connectivity index (χ3n) is 4.90. The molecule has 1 heterocycles. The van der Waals surface area contributed by atoms with Crippen LogP contribution >= 0.6 is 11.6 Å². The van der Waals surface area contributed by atoms with E-state index in [0.29, 0.717) is 23.7 Å². The maximum absolute atomic E-state index is 12.9. The average molecular weight is 400 g/mol. The maximum atomic E-state index is 12.9. The highest BCUT2D eigenvalue weighted by molar-refractivity contribution is 6.46. The van der Waals surface area contributed by atoms with Crippen molar-refractivity contribution in [2.24, 2.45) is 0 Å². The van der Waals surface area contributed by atoms with E-state index in [2.05, 4.69) is 0 Å². The molecule has 1 saturated heterocycles. The molecule has 0 unspecified atom stereocenters. The molecule has 1 atom stereocenters. The number of hydrogen-bond acceptors (Lipinski definition) is 3. The Labute approximate surface area is 169 Å². The molecule has 1 amide bonds. The summed E-state index contributed by atoms with van der Waals surface area (Å²) in [5.74, 6) is -1.40. The Hall–Kier alpha value is -2.63. The number of benzene rings is 2. The van der Waals surface area contributed by atoms with E-state index in [1.54, 1.807) is 36.4 Å². The Morgan fingerprint density at radius 1 is 1.07 bits per heavy atom. The number of ketones is 1. The number of nitrogens with zero attached hydrogens (tertiary/aromatic N) is 1. The summed E-state index contributed by atoms with van der Waals surface area (Å²) < 4.78 is 0. The van der Waals surface area contributed by atoms with Crippen molar-refractivity contribution in [3.8, 4) is 0 Å². The zero-order valence-corrected chi connectivity index (χ0v) is 17.0. The molecule has 0 spiro atoms. The molecule has 0 aromatic heterocycles. The predicted octanol–water partition coefficient (Wildman–Crippen LogP) is 2.21. The molecule has 2 N–H and O–H groups in total. The van der Waals surface area contributed by atoms with E-state index < -0.39 is 17.7 Å². The number of aliphatic hydroxyl groups is 1. The normalized spacial score (nSPS) is 18.9. The second-order valence-electron chi connectivity index (χ2n) is 7.37. The molecule has 3 rings (SSSR count). The first-order chi connectivity index (χ1) is 13.3. The fraction of sp³-hybridized carbons (Fsp3) is 0.273. The summed E-state index contributed by atoms with van der Waals surface area (Å²) in [6.07, 6.45) is 0. The van der Waals surface area contributed by atoms with Gasteiger partial charge in [0.05, 0.1) is 38.8 Å². The number of quaternary nitrogens is 1. The molecule has 2 aromatic carbocycles. The van der Waals surface area contributed by atoms with Crippen molar-refractivity contribution in [3.05, 3.63) is 75.8 Å². The lowest BCUT2D eigenvalue weighted by atomic mass is 9.95. The summed E-state index contributed by atoms with van der Waals surface area (Å²) in [7, 11) is 3.97. The van der Waals surface area contributed by atoms with Crippen LogP contribution in [0.5, 0.6) is 0 Å². The highest BCUT2D eigenvalue weighted by Crippen LogP contribution is 2.39. The van der Waals surface area contributed by atoms with Crippen molar-refractivity contribution >= 4 is 29.1 Å². The van der Waals surface area contributed by atoms with Crippen LogP contribution in [-0.2, 0) is 9.59 Å². The Morgan fingerprint density at radius 3 is 2.25 bits per heavy atom. The molecule has 0 aliphatic carbocycles. The lowest BCUT2D eigenvalue weighted by Gasteiger charge is -2.25. The van der Waals surface area contributed by atoms with Crippen LogP contribution in [-0.4, -0.2) is 48.9 Å². The number of amides is 1. The summed E-state index contributed by atoms with van der Waals surface area (Å²) in [6, 6.07) is 13.6. The number of carbonyl (C=O) groups excluding carboxylic acids is 2. The number of Topliss-reactive ketones (excluding diaryl/α,β-unsaturated/α-hetero) is 1. The van der Waals surface area contributed by atoms with Crippen molar-refractivity contribution in [2.45, 2.75) is 13.0 Å². The number of nitrogens with one attached hydrogen (secondary N) is 1. The first-order valence-electron chi connectivity index (χ1n) is 9.19. The van der Waals surface area contributed by atoms with Crippen LogP contribution in [0.4, 0.5) is 0 Å². The van der Waals surface area contributed by atoms with Gasteiger partial charge in [-0.3, -0.25) is 9.59 Å². The van der Waals surface area contributed by atoms with E-state index in [9.17, 15) is 14.7 Å². The lowest BCUT2D eigenvalue weighted by molar-refractivity contribution is -0.857. The number of hydrogen-bond donors (Lipinski definition) is 2. The molecule has 1 fully saturated rings. The minimum absolute atomic E-state index is 0.116. The summed E-state index contributed by atoms with van der Waals surface area (Å²) in [6.45, 7) is 3.03. The first-order valence-corrected chi connectivity index (χ1v) is 9.57. The quantitative estimate of drug-likeness (QED) is 0.460. The van der Waals surface area contributed by atoms with Crippen molar-refractivity contribution in [1.82, 2.24) is 4.90 Å². The molecule has 146 valence electrons. The number of likely N-dealkylation sites (tertiary alicyclic amines) is 1. The van der Waals surface area contributed by atoms with Gasteiger partial charge in [0.25, 0.3) is 11.7 Å². The summed E-state index contributed by atoms with van der Waals surface area (Å²) in [4.78, 5) is 28.3. The molecule has 2 aromatic rings. The molecule has 1 aliphatic heterocycles. The fourth-order valence-corrected chi connectivity index (χ4v) is 3.44. The Bertz CT molecular complexity index is 918. The monoisotopic (exact) mass is 399 g/mol. The summed E-state index contributed by atoms with van der Waals surface area (Å²) in [5.41, 5.74) is 2.41. The molecule has 0 saturated carbocycles. The van der Waals surface area contributed by atoms with Crippen molar-refractivity contribution < 1.29 is 19.6 Å². The number of halogens is 1. The summed E-state index contributed by atoms with van der Waals surface area (Å²) >= 11 is 6.01. The highest BCUT2D eigenvalue weighted by atomic mass is 35.5. The maximum Gasteiger partial charge on any atom is 0.295 e. The van der Waals surface area contributed by atoms with E-state index in [1.807, 2.05) is 33.2 Å². The highest BCUT2D eigenvalue weighted by Gasteiger charge is 2.46. The van der Waals surface area contributed by atoms with Gasteiger partial charge in [0.15, 0.2) is 0 Å². The molecule has 6 heteroatoms. The van der Waals surface area contributed by atoms with Gasteiger partial charge in [-0.15, -0.1) is 0 Å². The molecule has 0 radical (unpaired) electrons. The molecule has 1 aliphatic rings. The zero-order chi connectivity index (χ0) is 20.4. The first kappa shape index (κ1) is 20.1. The van der Waals surface area contributed by atoms with Gasteiger partial charge in [-0.2, -0.15) is 0 Å². The molecular weight excluding hydrogens is 376 g/mol. The van der Waals surface area contributed by atoms with E-state index in [-0.39, 0.29) is 11.3 Å². The van der Waals surface area contributed by atoms with Gasteiger partial charge in [0, 0.05) is 10.6 Å². The number of carbonyl (C=O) groups is 2. The second kappa shape index (κ2) is 8.17. The number of aliphatic hydroxyl groups excluding tert-OH is 1. The lowest BCUT2D eigenvalue weighted by Crippen LogP contribution is -3.06. The second-order valence-corrected chi connectivity index (χ2v) is 7.80. The van der Waals surface area contributed by atoms with Gasteiger partial charge in [-0.1, -0.05) is 53.6 Å². The SMILES string of the molecule is Cc1ccc(/C(O)=C2\C(=O)C(=O)N(CC[NH+](C)C)[C@@H]2c2ccc(Cl)cc2)cc1.